The van der Waals surface area contributed by atoms with Crippen molar-refractivity contribution in [3.8, 4) is 11.5 Å². The smallest absolute Gasteiger partial charge is 0.231 e. The molecule has 0 radical (unpaired) electrons. The number of hydrogen-bond acceptors (Lipinski definition) is 5. The molecule has 5 heteroatoms. The van der Waals surface area contributed by atoms with Crippen molar-refractivity contribution in [2.45, 2.75) is 6.54 Å². The highest BCUT2D eigenvalue weighted by atomic mass is 16.7. The van der Waals surface area contributed by atoms with Gasteiger partial charge in [-0.05, 0) is 17.7 Å². The lowest BCUT2D eigenvalue weighted by atomic mass is 10.1. The average Bonchev–Trinajstić information content (AvgIpc) is 3.06. The Hall–Kier alpha value is -2.95. The number of hydrogen-bond donors (Lipinski definition) is 0. The summed E-state index contributed by atoms with van der Waals surface area (Å²) in [6, 6.07) is 14.5. The first-order chi connectivity index (χ1) is 12.1. The number of ether oxygens (including phenoxy) is 2. The molecule has 2 heterocycles. The minimum atomic E-state index is 0.269. The molecule has 0 saturated heterocycles. The van der Waals surface area contributed by atoms with Crippen LogP contribution in [-0.2, 0) is 6.54 Å². The minimum Gasteiger partial charge on any atom is -0.454 e. The first-order valence-electron chi connectivity index (χ1n) is 8.28. The molecule has 0 N–H and O–H groups in total. The van der Waals surface area contributed by atoms with Crippen molar-refractivity contribution in [2.24, 2.45) is 0 Å². The van der Waals surface area contributed by atoms with Crippen molar-refractivity contribution < 1.29 is 9.47 Å². The van der Waals surface area contributed by atoms with Gasteiger partial charge in [0.05, 0.1) is 11.9 Å². The fourth-order valence-electron chi connectivity index (χ4n) is 3.20. The third-order valence-electron chi connectivity index (χ3n) is 4.44. The SMILES string of the molecule is CN(C)c1ncc(N(C)Cc2ccccc2)c2cc3c(cc12)OCO3. The standard InChI is InChI=1S/C20H21N3O2/c1-22(2)20-16-10-19-18(24-13-25-19)9-15(16)17(11-21-20)23(3)12-14-7-5-4-6-8-14/h4-11H,12-13H2,1-3H3. The molecule has 0 bridgehead atoms. The molecule has 0 aliphatic carbocycles. The van der Waals surface area contributed by atoms with Gasteiger partial charge in [0, 0.05) is 38.5 Å². The molecule has 1 aromatic heterocycles. The molecule has 25 heavy (non-hydrogen) atoms. The number of pyridine rings is 1. The van der Waals surface area contributed by atoms with Crippen LogP contribution in [0, 0.1) is 0 Å². The van der Waals surface area contributed by atoms with Crippen molar-refractivity contribution in [3.63, 3.8) is 0 Å². The van der Waals surface area contributed by atoms with Crippen LogP contribution < -0.4 is 19.3 Å². The molecule has 3 aromatic rings. The molecule has 1 aliphatic rings. The zero-order valence-electron chi connectivity index (χ0n) is 14.7. The monoisotopic (exact) mass is 335 g/mol. The second-order valence-electron chi connectivity index (χ2n) is 6.45. The Balaban J connectivity index is 1.82. The van der Waals surface area contributed by atoms with Gasteiger partial charge in [0.2, 0.25) is 6.79 Å². The molecule has 0 atom stereocenters. The molecule has 0 fully saturated rings. The van der Waals surface area contributed by atoms with Crippen LogP contribution in [0.5, 0.6) is 11.5 Å². The Morgan fingerprint density at radius 3 is 2.32 bits per heavy atom. The van der Waals surface area contributed by atoms with Crippen molar-refractivity contribution in [3.05, 3.63) is 54.2 Å². The van der Waals surface area contributed by atoms with E-state index in [-0.39, 0.29) is 6.79 Å². The predicted octanol–water partition coefficient (Wildman–Crippen LogP) is 3.67. The summed E-state index contributed by atoms with van der Waals surface area (Å²) in [7, 11) is 6.09. The molecule has 2 aromatic carbocycles. The van der Waals surface area contributed by atoms with Gasteiger partial charge in [0.15, 0.2) is 11.5 Å². The van der Waals surface area contributed by atoms with Crippen molar-refractivity contribution in [1.82, 2.24) is 4.98 Å². The summed E-state index contributed by atoms with van der Waals surface area (Å²) in [5, 5.41) is 2.17. The van der Waals surface area contributed by atoms with Crippen LogP contribution in [0.4, 0.5) is 11.5 Å². The zero-order valence-corrected chi connectivity index (χ0v) is 14.7. The Morgan fingerprint density at radius 2 is 1.64 bits per heavy atom. The van der Waals surface area contributed by atoms with Gasteiger partial charge in [-0.2, -0.15) is 0 Å². The van der Waals surface area contributed by atoms with E-state index in [9.17, 15) is 0 Å². The van der Waals surface area contributed by atoms with Gasteiger partial charge in [-0.1, -0.05) is 30.3 Å². The van der Waals surface area contributed by atoms with Crippen LogP contribution in [0.3, 0.4) is 0 Å². The Kier molecular flexibility index (Phi) is 3.84. The highest BCUT2D eigenvalue weighted by Crippen LogP contribution is 2.41. The first-order valence-corrected chi connectivity index (χ1v) is 8.28. The Labute approximate surface area is 147 Å². The zero-order chi connectivity index (χ0) is 17.4. The minimum absolute atomic E-state index is 0.269. The van der Waals surface area contributed by atoms with Gasteiger partial charge in [0.25, 0.3) is 0 Å². The second-order valence-corrected chi connectivity index (χ2v) is 6.45. The lowest BCUT2D eigenvalue weighted by molar-refractivity contribution is 0.174. The predicted molar refractivity (Wildman–Crippen MR) is 101 cm³/mol. The molecular formula is C20H21N3O2. The van der Waals surface area contributed by atoms with Crippen LogP contribution >= 0.6 is 0 Å². The molecule has 128 valence electrons. The Bertz CT molecular complexity index is 910. The molecular weight excluding hydrogens is 314 g/mol. The highest BCUT2D eigenvalue weighted by molar-refractivity contribution is 6.02. The van der Waals surface area contributed by atoms with Gasteiger partial charge in [-0.15, -0.1) is 0 Å². The maximum Gasteiger partial charge on any atom is 0.231 e. The first kappa shape index (κ1) is 15.6. The van der Waals surface area contributed by atoms with Crippen LogP contribution in [0.25, 0.3) is 10.8 Å². The third kappa shape index (κ3) is 2.82. The number of rotatable bonds is 4. The summed E-state index contributed by atoms with van der Waals surface area (Å²) in [4.78, 5) is 8.92. The van der Waals surface area contributed by atoms with E-state index in [1.165, 1.54) is 5.56 Å². The molecule has 0 saturated carbocycles. The fourth-order valence-corrected chi connectivity index (χ4v) is 3.20. The summed E-state index contributed by atoms with van der Waals surface area (Å²) in [6.07, 6.45) is 1.93. The van der Waals surface area contributed by atoms with E-state index in [4.69, 9.17) is 9.47 Å². The van der Waals surface area contributed by atoms with E-state index in [1.807, 2.05) is 37.3 Å². The summed E-state index contributed by atoms with van der Waals surface area (Å²) in [5.41, 5.74) is 2.33. The number of anilines is 2. The van der Waals surface area contributed by atoms with E-state index in [2.05, 4.69) is 47.3 Å². The number of fused-ring (bicyclic) bond motifs is 2. The summed E-state index contributed by atoms with van der Waals surface area (Å²) in [5.74, 6) is 2.49. The lowest BCUT2D eigenvalue weighted by Crippen LogP contribution is -2.18. The van der Waals surface area contributed by atoms with Crippen molar-refractivity contribution in [2.75, 3.05) is 37.7 Å². The molecule has 0 unspecified atom stereocenters. The van der Waals surface area contributed by atoms with Crippen LogP contribution in [0.15, 0.2) is 48.7 Å². The van der Waals surface area contributed by atoms with Gasteiger partial charge in [-0.3, -0.25) is 0 Å². The summed E-state index contributed by atoms with van der Waals surface area (Å²) in [6.45, 7) is 1.08. The van der Waals surface area contributed by atoms with E-state index < -0.39 is 0 Å². The molecule has 1 aliphatic heterocycles. The molecule has 0 amide bonds. The quantitative estimate of drug-likeness (QED) is 0.727. The third-order valence-corrected chi connectivity index (χ3v) is 4.44. The van der Waals surface area contributed by atoms with E-state index in [0.717, 1.165) is 40.3 Å². The average molecular weight is 335 g/mol. The highest BCUT2D eigenvalue weighted by Gasteiger charge is 2.20. The van der Waals surface area contributed by atoms with Gasteiger partial charge >= 0.3 is 0 Å². The van der Waals surface area contributed by atoms with Crippen molar-refractivity contribution in [1.29, 1.82) is 0 Å². The molecule has 4 rings (SSSR count). The van der Waals surface area contributed by atoms with Gasteiger partial charge < -0.3 is 19.3 Å². The summed E-state index contributed by atoms with van der Waals surface area (Å²) >= 11 is 0. The number of benzene rings is 2. The maximum absolute atomic E-state index is 5.59. The molecule has 0 spiro atoms. The normalized spacial score (nSPS) is 12.4. The molecule has 5 nitrogen and oxygen atoms in total. The number of nitrogens with zero attached hydrogens (tertiary/aromatic N) is 3. The van der Waals surface area contributed by atoms with Crippen LogP contribution in [-0.4, -0.2) is 32.9 Å². The van der Waals surface area contributed by atoms with Crippen molar-refractivity contribution >= 4 is 22.3 Å². The van der Waals surface area contributed by atoms with Crippen LogP contribution in [0.2, 0.25) is 0 Å². The van der Waals surface area contributed by atoms with E-state index in [0.29, 0.717) is 0 Å². The number of aromatic nitrogens is 1. The van der Waals surface area contributed by atoms with Gasteiger partial charge in [-0.25, -0.2) is 4.98 Å². The fraction of sp³-hybridized carbons (Fsp3) is 0.250. The van der Waals surface area contributed by atoms with E-state index in [1.54, 1.807) is 0 Å². The van der Waals surface area contributed by atoms with Crippen LogP contribution in [0.1, 0.15) is 5.56 Å². The maximum atomic E-state index is 5.59. The second kappa shape index (κ2) is 6.16. The largest absolute Gasteiger partial charge is 0.454 e. The lowest BCUT2D eigenvalue weighted by Gasteiger charge is -2.23. The van der Waals surface area contributed by atoms with E-state index >= 15 is 0 Å². The Morgan fingerprint density at radius 1 is 0.960 bits per heavy atom. The van der Waals surface area contributed by atoms with Gasteiger partial charge in [0.1, 0.15) is 5.82 Å². The summed E-state index contributed by atoms with van der Waals surface area (Å²) < 4.78 is 11.1. The topological polar surface area (TPSA) is 37.8 Å².